The fourth-order valence-corrected chi connectivity index (χ4v) is 4.74. The topological polar surface area (TPSA) is 89.1 Å². The number of morpholine rings is 1. The fourth-order valence-electron chi connectivity index (χ4n) is 4.74. The number of nitrogens with one attached hydrogen (secondary N) is 1. The van der Waals surface area contributed by atoms with Crippen molar-refractivity contribution in [3.05, 3.63) is 53.7 Å². The third kappa shape index (κ3) is 5.11. The van der Waals surface area contributed by atoms with Crippen LogP contribution in [0, 0.1) is 11.6 Å². The van der Waals surface area contributed by atoms with Crippen molar-refractivity contribution in [2.45, 2.75) is 26.4 Å². The van der Waals surface area contributed by atoms with Crippen LogP contribution in [0.4, 0.5) is 26.1 Å². The second-order valence-corrected chi connectivity index (χ2v) is 9.16. The first-order valence-electron chi connectivity index (χ1n) is 12.4. The van der Waals surface area contributed by atoms with Crippen LogP contribution in [0.1, 0.15) is 19.4 Å². The van der Waals surface area contributed by atoms with Gasteiger partial charge in [0.2, 0.25) is 5.95 Å². The van der Waals surface area contributed by atoms with Crippen LogP contribution in [0.3, 0.4) is 0 Å². The summed E-state index contributed by atoms with van der Waals surface area (Å²) in [5.41, 5.74) is 2.41. The Labute approximate surface area is 219 Å². The molecule has 0 bridgehead atoms. The summed E-state index contributed by atoms with van der Waals surface area (Å²) in [6, 6.07) is 7.74. The first-order chi connectivity index (χ1) is 18.4. The third-order valence-electron chi connectivity index (χ3n) is 6.69. The van der Waals surface area contributed by atoms with E-state index in [4.69, 9.17) is 14.2 Å². The molecule has 3 aromatic rings. The first-order valence-corrected chi connectivity index (χ1v) is 12.4. The molecule has 1 saturated heterocycles. The number of likely N-dealkylation sites (N-methyl/N-ethyl adjacent to an activating group) is 1. The summed E-state index contributed by atoms with van der Waals surface area (Å²) in [7, 11) is 1.38. The molecule has 5 rings (SSSR count). The van der Waals surface area contributed by atoms with Gasteiger partial charge in [-0.2, -0.15) is 0 Å². The zero-order chi connectivity index (χ0) is 26.8. The number of carbonyl (C=O) groups excluding carboxylic acids is 1. The molecule has 1 amide bonds. The Morgan fingerprint density at radius 3 is 2.84 bits per heavy atom. The van der Waals surface area contributed by atoms with E-state index in [1.807, 2.05) is 13.0 Å². The van der Waals surface area contributed by atoms with E-state index in [1.54, 1.807) is 11.0 Å². The molecule has 38 heavy (non-hydrogen) atoms. The van der Waals surface area contributed by atoms with Crippen LogP contribution in [0.25, 0.3) is 11.3 Å². The van der Waals surface area contributed by atoms with Gasteiger partial charge in [-0.15, -0.1) is 0 Å². The summed E-state index contributed by atoms with van der Waals surface area (Å²) >= 11 is 0. The highest BCUT2D eigenvalue weighted by Crippen LogP contribution is 2.40. The van der Waals surface area contributed by atoms with Crippen molar-refractivity contribution >= 4 is 23.2 Å². The summed E-state index contributed by atoms with van der Waals surface area (Å²) < 4.78 is 45.2. The van der Waals surface area contributed by atoms with Crippen molar-refractivity contribution in [3.8, 4) is 22.8 Å². The number of fused-ring (bicyclic) bond motifs is 1. The van der Waals surface area contributed by atoms with Crippen LogP contribution in [0.15, 0.2) is 36.5 Å². The lowest BCUT2D eigenvalue weighted by Crippen LogP contribution is -2.43. The molecule has 0 spiro atoms. The summed E-state index contributed by atoms with van der Waals surface area (Å²) in [4.78, 5) is 25.0. The predicted octanol–water partition coefficient (Wildman–Crippen LogP) is 4.14. The largest absolute Gasteiger partial charge is 0.496 e. The fraction of sp³-hybridized carbons (Fsp3) is 0.370. The second-order valence-electron chi connectivity index (χ2n) is 9.16. The van der Waals surface area contributed by atoms with Gasteiger partial charge >= 0.3 is 0 Å². The molecule has 200 valence electrons. The van der Waals surface area contributed by atoms with Gasteiger partial charge in [0.15, 0.2) is 12.4 Å². The van der Waals surface area contributed by atoms with Crippen molar-refractivity contribution in [1.82, 2.24) is 14.9 Å². The molecule has 1 N–H and O–H groups in total. The molecule has 1 atom stereocenters. The van der Waals surface area contributed by atoms with Crippen LogP contribution in [0.5, 0.6) is 11.5 Å². The number of nitrogens with zero attached hydrogens (tertiary/aromatic N) is 4. The molecule has 2 aromatic carbocycles. The van der Waals surface area contributed by atoms with Gasteiger partial charge in [0, 0.05) is 48.6 Å². The highest BCUT2D eigenvalue weighted by atomic mass is 19.1. The number of hydrogen-bond acceptors (Lipinski definition) is 8. The van der Waals surface area contributed by atoms with Crippen molar-refractivity contribution in [2.75, 3.05) is 50.2 Å². The summed E-state index contributed by atoms with van der Waals surface area (Å²) in [5, 5.41) is 3.15. The maximum absolute atomic E-state index is 14.8. The van der Waals surface area contributed by atoms with Gasteiger partial charge < -0.3 is 24.4 Å². The van der Waals surface area contributed by atoms with E-state index in [9.17, 15) is 13.6 Å². The summed E-state index contributed by atoms with van der Waals surface area (Å²) in [5.74, 6) is -0.377. The average Bonchev–Trinajstić information content (AvgIpc) is 2.91. The molecule has 0 aliphatic carbocycles. The molecular formula is C27H29F2N5O4. The van der Waals surface area contributed by atoms with Crippen molar-refractivity contribution in [1.29, 1.82) is 0 Å². The quantitative estimate of drug-likeness (QED) is 0.493. The van der Waals surface area contributed by atoms with E-state index in [-0.39, 0.29) is 35.9 Å². The maximum Gasteiger partial charge on any atom is 0.265 e. The third-order valence-corrected chi connectivity index (χ3v) is 6.69. The number of halogens is 2. The van der Waals surface area contributed by atoms with E-state index in [1.165, 1.54) is 25.3 Å². The molecule has 0 saturated carbocycles. The van der Waals surface area contributed by atoms with Gasteiger partial charge in [-0.3, -0.25) is 9.69 Å². The van der Waals surface area contributed by atoms with Gasteiger partial charge in [0.05, 0.1) is 32.2 Å². The van der Waals surface area contributed by atoms with Gasteiger partial charge in [-0.25, -0.2) is 18.7 Å². The van der Waals surface area contributed by atoms with E-state index in [0.717, 1.165) is 18.3 Å². The smallest absolute Gasteiger partial charge is 0.265 e. The van der Waals surface area contributed by atoms with Gasteiger partial charge in [0.1, 0.15) is 23.0 Å². The molecule has 11 heteroatoms. The summed E-state index contributed by atoms with van der Waals surface area (Å²) in [6.45, 7) is 7.11. The molecular weight excluding hydrogens is 496 g/mol. The molecule has 9 nitrogen and oxygen atoms in total. The zero-order valence-electron chi connectivity index (χ0n) is 21.5. The minimum atomic E-state index is -0.677. The molecule has 2 aliphatic heterocycles. The van der Waals surface area contributed by atoms with E-state index in [2.05, 4.69) is 27.1 Å². The number of carbonyl (C=O) groups is 1. The number of methoxy groups -OCH3 is 1. The van der Waals surface area contributed by atoms with Crippen LogP contribution < -0.4 is 19.7 Å². The highest BCUT2D eigenvalue weighted by Gasteiger charge is 2.29. The lowest BCUT2D eigenvalue weighted by Gasteiger charge is -2.35. The lowest BCUT2D eigenvalue weighted by molar-refractivity contribution is -0.121. The minimum absolute atomic E-state index is 0.0246. The number of benzene rings is 2. The number of ether oxygens (including phenoxy) is 3. The van der Waals surface area contributed by atoms with Crippen LogP contribution >= 0.6 is 0 Å². The normalized spacial score (nSPS) is 17.7. The SMILES string of the molecule is CCN1C(=O)COc2c(CN3CCOC[C@H]3C)cc(Nc3ncc(F)c(-c4ccc(F)cc4OC)n3)cc21. The number of amides is 1. The van der Waals surface area contributed by atoms with Crippen molar-refractivity contribution in [2.24, 2.45) is 0 Å². The zero-order valence-corrected chi connectivity index (χ0v) is 21.5. The molecule has 1 fully saturated rings. The number of aromatic nitrogens is 2. The minimum Gasteiger partial charge on any atom is -0.496 e. The molecule has 3 heterocycles. The lowest BCUT2D eigenvalue weighted by atomic mass is 10.1. The van der Waals surface area contributed by atoms with Gasteiger partial charge in [-0.1, -0.05) is 0 Å². The monoisotopic (exact) mass is 525 g/mol. The Morgan fingerprint density at radius 2 is 2.08 bits per heavy atom. The van der Waals surface area contributed by atoms with Gasteiger partial charge in [-0.05, 0) is 38.1 Å². The molecule has 0 radical (unpaired) electrons. The van der Waals surface area contributed by atoms with Crippen LogP contribution in [-0.4, -0.2) is 66.8 Å². The van der Waals surface area contributed by atoms with Gasteiger partial charge in [0.25, 0.3) is 5.91 Å². The highest BCUT2D eigenvalue weighted by molar-refractivity contribution is 5.99. The van der Waals surface area contributed by atoms with E-state index >= 15 is 0 Å². The Morgan fingerprint density at radius 1 is 1.24 bits per heavy atom. The molecule has 2 aliphatic rings. The molecule has 0 unspecified atom stereocenters. The number of anilines is 3. The van der Waals surface area contributed by atoms with Crippen LogP contribution in [-0.2, 0) is 16.1 Å². The Kier molecular flexibility index (Phi) is 7.39. The van der Waals surface area contributed by atoms with Crippen molar-refractivity contribution < 1.29 is 27.8 Å². The van der Waals surface area contributed by atoms with E-state index in [0.29, 0.717) is 49.0 Å². The summed E-state index contributed by atoms with van der Waals surface area (Å²) in [6.07, 6.45) is 1.05. The maximum atomic E-state index is 14.8. The Bertz CT molecular complexity index is 1360. The van der Waals surface area contributed by atoms with Crippen LogP contribution in [0.2, 0.25) is 0 Å². The number of rotatable bonds is 7. The first kappa shape index (κ1) is 25.8. The molecule has 1 aromatic heterocycles. The average molecular weight is 526 g/mol. The Balaban J connectivity index is 1.53. The predicted molar refractivity (Wildman–Crippen MR) is 138 cm³/mol. The van der Waals surface area contributed by atoms with E-state index < -0.39 is 11.6 Å². The Hall–Kier alpha value is -3.83. The second kappa shape index (κ2) is 10.9. The standard InChI is InChI=1S/C27H29F2N5O4/c1-4-34-22-11-19(9-17(26(22)38-15-24(34)35)13-33-7-8-37-14-16(33)2)31-27-30-12-21(29)25(32-27)20-6-5-18(28)10-23(20)36-3/h5-6,9-12,16H,4,7-8,13-15H2,1-3H3,(H,30,31,32)/t16-/m1/s1. The number of hydrogen-bond donors (Lipinski definition) is 1. The van der Waals surface area contributed by atoms with Crippen molar-refractivity contribution in [3.63, 3.8) is 0 Å².